The van der Waals surface area contributed by atoms with Crippen molar-refractivity contribution in [2.45, 2.75) is 73.1 Å². The Kier molecular flexibility index (Phi) is 33.5. The van der Waals surface area contributed by atoms with Gasteiger partial charge in [0, 0.05) is 57.5 Å². The minimum Gasteiger partial charge on any atom is -0.480 e. The van der Waals surface area contributed by atoms with Crippen molar-refractivity contribution in [3.63, 3.8) is 0 Å². The van der Waals surface area contributed by atoms with Crippen molar-refractivity contribution in [3.8, 4) is 11.5 Å². The third-order valence-corrected chi connectivity index (χ3v) is 14.4. The highest BCUT2D eigenvalue weighted by Crippen LogP contribution is 2.37. The molecule has 0 aromatic heterocycles. The molecule has 70 heavy (non-hydrogen) atoms. The number of carboxylic acids is 1. The Morgan fingerprint density at radius 3 is 1.93 bits per heavy atom. The van der Waals surface area contributed by atoms with Crippen molar-refractivity contribution in [2.24, 2.45) is 5.73 Å². The Hall–Kier alpha value is -4.57. The number of hydroxylamine groups is 1. The van der Waals surface area contributed by atoms with E-state index < -0.39 is 32.5 Å². The molecule has 19 nitrogen and oxygen atoms in total. The van der Waals surface area contributed by atoms with Gasteiger partial charge in [0.05, 0.1) is 22.5 Å². The maximum atomic E-state index is 13.9. The van der Waals surface area contributed by atoms with Crippen LogP contribution in [0.15, 0.2) is 83.8 Å². The number of piperidine rings is 1. The van der Waals surface area contributed by atoms with Gasteiger partial charge in [-0.15, -0.1) is 49.6 Å². The molecule has 390 valence electrons. The monoisotopic (exact) mass is 1100 g/mol. The fourth-order valence-corrected chi connectivity index (χ4v) is 9.99. The van der Waals surface area contributed by atoms with Gasteiger partial charge >= 0.3 is 18.3 Å². The molecule has 2 amide bonds. The van der Waals surface area contributed by atoms with E-state index in [-0.39, 0.29) is 111 Å². The van der Waals surface area contributed by atoms with Gasteiger partial charge in [-0.25, -0.2) is 13.9 Å². The Morgan fingerprint density at radius 2 is 1.37 bits per heavy atom. The number of nitrogens with zero attached hydrogens (tertiary/aromatic N) is 4. The van der Waals surface area contributed by atoms with E-state index in [9.17, 15) is 33.1 Å². The van der Waals surface area contributed by atoms with Gasteiger partial charge in [0.2, 0.25) is 5.91 Å². The van der Waals surface area contributed by atoms with Gasteiger partial charge in [0.25, 0.3) is 5.91 Å². The molecular weight excluding hydrogens is 1040 g/mol. The third-order valence-electron chi connectivity index (χ3n) is 11.6. The average Bonchev–Trinajstić information content (AvgIpc) is 3.36. The van der Waals surface area contributed by atoms with Gasteiger partial charge < -0.3 is 35.6 Å². The number of ether oxygens (including phenoxy) is 1. The Bertz CT molecular complexity index is 2210. The number of halogens is 4. The van der Waals surface area contributed by atoms with Crippen LogP contribution >= 0.6 is 61.8 Å². The number of carbonyl (C=O) groups is 3. The van der Waals surface area contributed by atoms with Crippen LogP contribution in [0.1, 0.15) is 50.5 Å². The number of nitrogens with one attached hydrogen (secondary N) is 2. The molecule has 6 N–H and O–H groups in total. The van der Waals surface area contributed by atoms with Gasteiger partial charge in [-0.1, -0.05) is 55.4 Å². The van der Waals surface area contributed by atoms with Crippen LogP contribution in [-0.4, -0.2) is 157 Å². The number of aliphatic carboxylic acids is 1. The lowest BCUT2D eigenvalue weighted by atomic mass is 9.94. The smallest absolute Gasteiger partial charge is 0.373 e. The summed E-state index contributed by atoms with van der Waals surface area (Å²) >= 11 is 5.62. The number of anilines is 1. The molecule has 2 aliphatic heterocycles. The summed E-state index contributed by atoms with van der Waals surface area (Å²) in [6.45, 7) is 4.05. The maximum Gasteiger partial charge on any atom is 0.373 e. The van der Waals surface area contributed by atoms with Crippen molar-refractivity contribution >= 4 is 112 Å². The van der Waals surface area contributed by atoms with E-state index in [1.807, 2.05) is 35.2 Å². The molecule has 2 fully saturated rings. The zero-order valence-corrected chi connectivity index (χ0v) is 43.7. The van der Waals surface area contributed by atoms with Gasteiger partial charge in [0.15, 0.2) is 14.6 Å². The molecule has 3 aromatic carbocycles. The number of likely N-dealkylation sites (tertiary alicyclic amines) is 1. The number of likely N-dealkylation sites (N-methyl/N-ethyl adjacent to an activating group) is 2. The molecule has 5 rings (SSSR count). The zero-order chi connectivity index (χ0) is 48.7. The van der Waals surface area contributed by atoms with Gasteiger partial charge in [0.1, 0.15) is 11.5 Å². The highest BCUT2D eigenvalue weighted by Gasteiger charge is 2.53. The molecule has 0 radical (unpaired) electrons. The Morgan fingerprint density at radius 1 is 0.814 bits per heavy atom. The lowest BCUT2D eigenvalue weighted by Gasteiger charge is -2.40. The lowest BCUT2D eigenvalue weighted by Crippen LogP contribution is -2.59. The molecule has 0 bridgehead atoms. The normalized spacial score (nSPS) is 16.2. The van der Waals surface area contributed by atoms with Gasteiger partial charge in [-0.2, -0.15) is 19.2 Å². The van der Waals surface area contributed by atoms with E-state index in [1.54, 1.807) is 17.6 Å². The molecule has 25 heteroatoms. The molecule has 2 heterocycles. The van der Waals surface area contributed by atoms with Crippen LogP contribution < -0.4 is 21.3 Å². The van der Waals surface area contributed by atoms with Crippen molar-refractivity contribution in [3.05, 3.63) is 84.4 Å². The van der Waals surface area contributed by atoms with Crippen molar-refractivity contribution in [1.82, 2.24) is 25.1 Å². The van der Waals surface area contributed by atoms with Crippen LogP contribution in [0.2, 0.25) is 0 Å². The summed E-state index contributed by atoms with van der Waals surface area (Å²) in [5.41, 5.74) is 9.93. The molecule has 0 spiro atoms. The summed E-state index contributed by atoms with van der Waals surface area (Å²) in [6.07, 6.45) is 4.30. The molecule has 3 aromatic rings. The molecule has 0 saturated carbocycles. The number of hydrogen-bond acceptors (Lipinski definition) is 16. The quantitative estimate of drug-likeness (QED) is 0.0538. The maximum absolute atomic E-state index is 13.9. The number of rotatable bonds is 17. The first-order valence-corrected chi connectivity index (χ1v) is 23.2. The number of unbranched alkanes of at least 4 members (excludes halogenated alkanes) is 2. The number of carboxylic acid groups (broad SMARTS) is 1. The first-order valence-electron chi connectivity index (χ1n) is 21.3. The van der Waals surface area contributed by atoms with E-state index in [0.29, 0.717) is 48.8 Å². The summed E-state index contributed by atoms with van der Waals surface area (Å²) in [7, 11) is -0.120. The second-order valence-electron chi connectivity index (χ2n) is 16.0. The van der Waals surface area contributed by atoms with Crippen LogP contribution in [0.25, 0.3) is 0 Å². The Balaban J connectivity index is 0. The molecule has 0 aliphatic carbocycles. The number of carbonyl (C=O) groups excluding carboxylic acids is 6. The van der Waals surface area contributed by atoms with Crippen LogP contribution in [0, 0.1) is 0 Å². The van der Waals surface area contributed by atoms with Crippen molar-refractivity contribution in [1.29, 1.82) is 0 Å². The number of hydrogen-bond donors (Lipinski definition) is 5. The Labute approximate surface area is 438 Å². The predicted octanol–water partition coefficient (Wildman–Crippen LogP) is 4.53. The van der Waals surface area contributed by atoms with Crippen molar-refractivity contribution < 1.29 is 57.0 Å². The van der Waals surface area contributed by atoms with Gasteiger partial charge in [-0.05, 0) is 107 Å². The topological polar surface area (TPSA) is 266 Å². The molecule has 2 atom stereocenters. The molecule has 2 aliphatic rings. The van der Waals surface area contributed by atoms with E-state index in [1.165, 1.54) is 29.2 Å². The van der Waals surface area contributed by atoms with Crippen LogP contribution in [0.4, 0.5) is 5.69 Å². The number of thiocarbonyl (C=S) groups is 1. The average molecular weight is 1100 g/mol. The predicted molar refractivity (Wildman–Crippen MR) is 273 cm³/mol. The van der Waals surface area contributed by atoms with Crippen LogP contribution in [0.5, 0.6) is 11.5 Å². The summed E-state index contributed by atoms with van der Waals surface area (Å²) in [5.74, 6) is -1.17. The van der Waals surface area contributed by atoms with Crippen molar-refractivity contribution in [2.75, 3.05) is 71.8 Å². The summed E-state index contributed by atoms with van der Waals surface area (Å²) in [5, 5.41) is 22.4. The van der Waals surface area contributed by atoms with E-state index in [2.05, 4.69) is 41.3 Å². The summed E-state index contributed by atoms with van der Waals surface area (Å²) in [4.78, 5) is 79.0. The minimum atomic E-state index is -4.29. The number of para-hydroxylation sites is 1. The highest BCUT2D eigenvalue weighted by atomic mass is 35.5. The highest BCUT2D eigenvalue weighted by molar-refractivity contribution is 7.93. The molecule has 2 saturated heterocycles. The number of benzene rings is 3. The fraction of sp³-hybridized carbons (Fsp3) is 0.467. The third kappa shape index (κ3) is 21.0. The zero-order valence-electron chi connectivity index (χ0n) is 38.8. The molecule has 1 unspecified atom stereocenters. The minimum absolute atomic E-state index is 0. The van der Waals surface area contributed by atoms with Crippen LogP contribution in [0.3, 0.4) is 0 Å². The summed E-state index contributed by atoms with van der Waals surface area (Å²) in [6, 6.07) is 22.4. The fourth-order valence-electron chi connectivity index (χ4n) is 7.77. The first kappa shape index (κ1) is 67.5. The number of nitrogens with two attached hydrogens (primary N) is 1. The SMILES string of the molecule is CN1CCN(CC(=O)O)CC(Cc2ccc(NC(=S)CCCCC[C@H](N)C(=O)N3CCC(C(=O)NO)(S(=O)(=O)c4ccc(Oc5ccccc5)cc4)CC3)cc2)N(C)CC1.Cl.Cl.Cl.Cl.O=C=O.O=C=O. The number of sulfone groups is 1. The molecular formula is C45H63Cl4N7O12S2. The van der Waals surface area contributed by atoms with E-state index in [4.69, 9.17) is 41.9 Å². The van der Waals surface area contributed by atoms with Crippen LogP contribution in [-0.2, 0) is 49.8 Å². The lowest BCUT2D eigenvalue weighted by molar-refractivity contribution is -0.193. The number of amides is 2. The van der Waals surface area contributed by atoms with E-state index in [0.717, 1.165) is 50.1 Å². The second-order valence-corrected chi connectivity index (χ2v) is 18.8. The largest absolute Gasteiger partial charge is 0.480 e. The van der Waals surface area contributed by atoms with Gasteiger partial charge in [-0.3, -0.25) is 24.5 Å². The summed E-state index contributed by atoms with van der Waals surface area (Å²) < 4.78 is 31.7. The standard InChI is InChI=1S/C43H59N7O8S2.2CO2.4ClH/c1-47-25-27-48(2)34(30-49(28-26-47)31-40(51)52)29-32-13-15-33(16-14-32)45-39(59)12-8-4-7-11-38(44)41(53)50-23-21-43(22-24-50,42(54)46-55)60(56,57)37-19-17-36(18-20-37)58-35-9-5-3-6-10-35;2*2-1-3;;;;/h3,5-6,9-10,13-20,34,38,55H,4,7-8,11-12,21-31,44H2,1-2H3,(H,45,59)(H,46,54)(H,51,52);;;4*1H/t34?,38-;;;;;;/m0....../s1. The second kappa shape index (κ2) is 34.7. The first-order chi connectivity index (χ1) is 31.5. The van der Waals surface area contributed by atoms with E-state index >= 15 is 0 Å².